The molecule has 2 amide bonds. The molecule has 0 aromatic heterocycles. The topological polar surface area (TPSA) is 89.1 Å². The van der Waals surface area contributed by atoms with Gasteiger partial charge in [-0.1, -0.05) is 19.1 Å². The zero-order valence-electron chi connectivity index (χ0n) is 18.8. The molecule has 31 heavy (non-hydrogen) atoms. The van der Waals surface area contributed by atoms with Gasteiger partial charge in [0.1, 0.15) is 0 Å². The van der Waals surface area contributed by atoms with Gasteiger partial charge in [0.05, 0.1) is 13.1 Å². The van der Waals surface area contributed by atoms with E-state index in [-0.39, 0.29) is 18.4 Å². The summed E-state index contributed by atoms with van der Waals surface area (Å²) in [7, 11) is 0. The van der Waals surface area contributed by atoms with Gasteiger partial charge < -0.3 is 25.8 Å². The highest BCUT2D eigenvalue weighted by atomic mass is 16.2. The maximum Gasteiger partial charge on any atom is 0.254 e. The monoisotopic (exact) mass is 428 g/mol. The number of benzene rings is 1. The van der Waals surface area contributed by atoms with E-state index in [9.17, 15) is 9.59 Å². The average molecular weight is 429 g/mol. The third-order valence-electron chi connectivity index (χ3n) is 5.76. The van der Waals surface area contributed by atoms with E-state index < -0.39 is 0 Å². The number of rotatable bonds is 7. The second-order valence-corrected chi connectivity index (χ2v) is 8.23. The van der Waals surface area contributed by atoms with E-state index in [4.69, 9.17) is 4.99 Å². The van der Waals surface area contributed by atoms with Crippen LogP contribution >= 0.6 is 0 Å². The molecule has 2 fully saturated rings. The lowest BCUT2D eigenvalue weighted by atomic mass is 10.1. The van der Waals surface area contributed by atoms with E-state index in [1.165, 1.54) is 13.0 Å². The molecule has 2 aliphatic heterocycles. The lowest BCUT2D eigenvalue weighted by molar-refractivity contribution is -0.123. The van der Waals surface area contributed by atoms with Crippen molar-refractivity contribution in [3.63, 3.8) is 0 Å². The van der Waals surface area contributed by atoms with Crippen LogP contribution in [0.25, 0.3) is 0 Å². The van der Waals surface area contributed by atoms with Crippen molar-refractivity contribution in [1.82, 2.24) is 25.8 Å². The molecular weight excluding hydrogens is 392 g/mol. The van der Waals surface area contributed by atoms with E-state index in [2.05, 4.69) is 34.7 Å². The van der Waals surface area contributed by atoms with Crippen LogP contribution in [0.5, 0.6) is 0 Å². The Morgan fingerprint density at radius 2 is 1.90 bits per heavy atom. The van der Waals surface area contributed by atoms with Gasteiger partial charge in [0.2, 0.25) is 5.91 Å². The molecule has 0 aliphatic carbocycles. The Morgan fingerprint density at radius 1 is 1.16 bits per heavy atom. The summed E-state index contributed by atoms with van der Waals surface area (Å²) < 4.78 is 0. The minimum atomic E-state index is -0.106. The Hall–Kier alpha value is -2.61. The Bertz CT molecular complexity index is 756. The fourth-order valence-corrected chi connectivity index (χ4v) is 4.05. The highest BCUT2D eigenvalue weighted by Crippen LogP contribution is 2.12. The Labute approximate surface area is 185 Å². The largest absolute Gasteiger partial charge is 0.357 e. The molecule has 1 aromatic rings. The molecule has 0 bridgehead atoms. The van der Waals surface area contributed by atoms with E-state index in [1.54, 1.807) is 4.90 Å². The Balaban J connectivity index is 1.53. The van der Waals surface area contributed by atoms with Gasteiger partial charge in [-0.3, -0.25) is 9.59 Å². The summed E-state index contributed by atoms with van der Waals surface area (Å²) in [5.41, 5.74) is 1.65. The van der Waals surface area contributed by atoms with Crippen molar-refractivity contribution in [3.8, 4) is 0 Å². The van der Waals surface area contributed by atoms with Gasteiger partial charge in [-0.05, 0) is 50.4 Å². The molecule has 0 saturated carbocycles. The quantitative estimate of drug-likeness (QED) is 0.448. The van der Waals surface area contributed by atoms with Crippen LogP contribution in [0.1, 0.15) is 49.0 Å². The van der Waals surface area contributed by atoms with Crippen LogP contribution < -0.4 is 16.0 Å². The SMILES string of the molecule is CCCN1CCC(NC(=NCc2ccc(C(=O)N3CCNC(=O)C3)cc2)NCC)CC1. The lowest BCUT2D eigenvalue weighted by Crippen LogP contribution is -2.49. The van der Waals surface area contributed by atoms with Crippen LogP contribution in [0, 0.1) is 0 Å². The minimum absolute atomic E-state index is 0.102. The number of aliphatic imine (C=N–C) groups is 1. The summed E-state index contributed by atoms with van der Waals surface area (Å²) >= 11 is 0. The summed E-state index contributed by atoms with van der Waals surface area (Å²) in [6.07, 6.45) is 3.48. The molecule has 0 radical (unpaired) electrons. The summed E-state index contributed by atoms with van der Waals surface area (Å²) in [6.45, 7) is 10.3. The van der Waals surface area contributed by atoms with Gasteiger partial charge >= 0.3 is 0 Å². The molecule has 2 heterocycles. The van der Waals surface area contributed by atoms with Gasteiger partial charge in [0.15, 0.2) is 5.96 Å². The molecular formula is C23H36N6O2. The molecule has 8 heteroatoms. The molecule has 8 nitrogen and oxygen atoms in total. The first-order chi connectivity index (χ1) is 15.1. The van der Waals surface area contributed by atoms with E-state index in [1.807, 2.05) is 24.3 Å². The van der Waals surface area contributed by atoms with Crippen molar-refractivity contribution in [2.75, 3.05) is 45.8 Å². The summed E-state index contributed by atoms with van der Waals surface area (Å²) in [5, 5.41) is 9.66. The third kappa shape index (κ3) is 6.95. The first kappa shape index (κ1) is 23.1. The number of carbonyl (C=O) groups is 2. The maximum atomic E-state index is 12.6. The highest BCUT2D eigenvalue weighted by Gasteiger charge is 2.22. The van der Waals surface area contributed by atoms with Crippen molar-refractivity contribution in [2.24, 2.45) is 4.99 Å². The number of nitrogens with zero attached hydrogens (tertiary/aromatic N) is 3. The predicted molar refractivity (Wildman–Crippen MR) is 123 cm³/mol. The van der Waals surface area contributed by atoms with Crippen molar-refractivity contribution < 1.29 is 9.59 Å². The van der Waals surface area contributed by atoms with Crippen LogP contribution in [0.2, 0.25) is 0 Å². The maximum absolute atomic E-state index is 12.6. The van der Waals surface area contributed by atoms with E-state index in [0.717, 1.165) is 44.0 Å². The zero-order chi connectivity index (χ0) is 22.1. The van der Waals surface area contributed by atoms with Crippen LogP contribution in [0.4, 0.5) is 0 Å². The van der Waals surface area contributed by atoms with Gasteiger partial charge in [-0.15, -0.1) is 0 Å². The number of piperidine rings is 1. The van der Waals surface area contributed by atoms with Crippen LogP contribution in [0.15, 0.2) is 29.3 Å². The third-order valence-corrected chi connectivity index (χ3v) is 5.76. The standard InChI is InChI=1S/C23H36N6O2/c1-3-12-28-13-9-20(10-14-28)27-23(24-4-2)26-16-18-5-7-19(8-6-18)22(31)29-15-11-25-21(30)17-29/h5-8,20H,3-4,9-17H2,1-2H3,(H,25,30)(H2,24,26,27). The molecule has 0 atom stereocenters. The number of carbonyl (C=O) groups excluding carboxylic acids is 2. The molecule has 3 N–H and O–H groups in total. The smallest absolute Gasteiger partial charge is 0.254 e. The van der Waals surface area contributed by atoms with Crippen molar-refractivity contribution in [3.05, 3.63) is 35.4 Å². The molecule has 1 aromatic carbocycles. The minimum Gasteiger partial charge on any atom is -0.357 e. The Morgan fingerprint density at radius 3 is 2.55 bits per heavy atom. The number of hydrogen-bond acceptors (Lipinski definition) is 4. The second kappa shape index (κ2) is 11.7. The molecule has 170 valence electrons. The van der Waals surface area contributed by atoms with Crippen LogP contribution in [-0.4, -0.2) is 79.4 Å². The van der Waals surface area contributed by atoms with Crippen LogP contribution in [-0.2, 0) is 11.3 Å². The number of nitrogens with one attached hydrogen (secondary N) is 3. The first-order valence-electron chi connectivity index (χ1n) is 11.5. The van der Waals surface area contributed by atoms with Crippen molar-refractivity contribution in [1.29, 1.82) is 0 Å². The predicted octanol–water partition coefficient (Wildman–Crippen LogP) is 1.19. The van der Waals surface area contributed by atoms with Gasteiger partial charge in [-0.2, -0.15) is 0 Å². The second-order valence-electron chi connectivity index (χ2n) is 8.23. The first-order valence-corrected chi connectivity index (χ1v) is 11.5. The van der Waals surface area contributed by atoms with Gasteiger partial charge in [-0.25, -0.2) is 4.99 Å². The highest BCUT2D eigenvalue weighted by molar-refractivity contribution is 5.97. The average Bonchev–Trinajstić information content (AvgIpc) is 2.79. The molecule has 2 saturated heterocycles. The van der Waals surface area contributed by atoms with Gasteiger partial charge in [0.25, 0.3) is 5.91 Å². The van der Waals surface area contributed by atoms with Crippen molar-refractivity contribution >= 4 is 17.8 Å². The number of piperazine rings is 1. The van der Waals surface area contributed by atoms with Crippen molar-refractivity contribution in [2.45, 2.75) is 45.7 Å². The normalized spacial score (nSPS) is 18.6. The fraction of sp³-hybridized carbons (Fsp3) is 0.609. The number of amides is 2. The Kier molecular flexibility index (Phi) is 8.70. The molecule has 0 unspecified atom stereocenters. The zero-order valence-corrected chi connectivity index (χ0v) is 18.8. The molecule has 3 rings (SSSR count). The lowest BCUT2D eigenvalue weighted by Gasteiger charge is -2.32. The fourth-order valence-electron chi connectivity index (χ4n) is 4.05. The van der Waals surface area contributed by atoms with Crippen LogP contribution in [0.3, 0.4) is 0 Å². The summed E-state index contributed by atoms with van der Waals surface area (Å²) in [4.78, 5) is 33.0. The summed E-state index contributed by atoms with van der Waals surface area (Å²) in [6, 6.07) is 7.97. The number of guanidine groups is 1. The van der Waals surface area contributed by atoms with E-state index >= 15 is 0 Å². The van der Waals surface area contributed by atoms with Gasteiger partial charge in [0, 0.05) is 44.3 Å². The number of hydrogen-bond donors (Lipinski definition) is 3. The van der Waals surface area contributed by atoms with E-state index in [0.29, 0.717) is 31.2 Å². The summed E-state index contributed by atoms with van der Waals surface area (Å²) in [5.74, 6) is 0.635. The molecule has 0 spiro atoms. The molecule has 2 aliphatic rings. The number of likely N-dealkylation sites (tertiary alicyclic amines) is 1.